The molecule has 11 heteroatoms. The van der Waals surface area contributed by atoms with Gasteiger partial charge in [0.15, 0.2) is 0 Å². The van der Waals surface area contributed by atoms with E-state index in [0.29, 0.717) is 0 Å². The molecule has 0 saturated carbocycles. The third kappa shape index (κ3) is 3.00. The first kappa shape index (κ1) is 16.9. The van der Waals surface area contributed by atoms with Crippen LogP contribution in [-0.2, 0) is 4.79 Å². The van der Waals surface area contributed by atoms with E-state index in [-0.39, 0.29) is 0 Å². The minimum atomic E-state index is -6.32. The van der Waals surface area contributed by atoms with Crippen molar-refractivity contribution in [2.24, 2.45) is 5.73 Å². The summed E-state index contributed by atoms with van der Waals surface area (Å²) in [5.74, 6) is -19.4. The van der Waals surface area contributed by atoms with Gasteiger partial charge in [0.05, 0.1) is 13.1 Å². The van der Waals surface area contributed by atoms with Gasteiger partial charge in [-0.25, -0.2) is 8.78 Å². The number of nitrogens with two attached hydrogens (primary N) is 1. The SMILES string of the molecule is NCC(=O)NCC(F)(F)C(F)(F)C(F)(F)C(F)F. The number of hydrogen-bond acceptors (Lipinski definition) is 2. The standard InChI is InChI=1S/C7H8F8N2O/c8-4(9)6(12,13)7(14,15)5(10,11)2-17-3(18)1-16/h4H,1-2,16H2,(H,17,18). The summed E-state index contributed by atoms with van der Waals surface area (Å²) in [5.41, 5.74) is 4.63. The average molecular weight is 288 g/mol. The molecule has 0 aromatic rings. The number of carbonyl (C=O) groups excluding carboxylic acids is 1. The molecular formula is C7H8F8N2O. The minimum absolute atomic E-state index is 0.854. The van der Waals surface area contributed by atoms with E-state index in [9.17, 15) is 39.9 Å². The van der Waals surface area contributed by atoms with Gasteiger partial charge in [-0.2, -0.15) is 26.3 Å². The van der Waals surface area contributed by atoms with Crippen LogP contribution in [0.3, 0.4) is 0 Å². The van der Waals surface area contributed by atoms with Crippen molar-refractivity contribution in [1.82, 2.24) is 5.32 Å². The van der Waals surface area contributed by atoms with E-state index in [2.05, 4.69) is 5.73 Å². The zero-order valence-electron chi connectivity index (χ0n) is 8.50. The van der Waals surface area contributed by atoms with Crippen molar-refractivity contribution >= 4 is 5.91 Å². The van der Waals surface area contributed by atoms with Gasteiger partial charge in [-0.3, -0.25) is 4.79 Å². The molecule has 0 heterocycles. The van der Waals surface area contributed by atoms with E-state index >= 15 is 0 Å². The Morgan fingerprint density at radius 3 is 1.89 bits per heavy atom. The maximum Gasteiger partial charge on any atom is 0.379 e. The second-order valence-corrected chi connectivity index (χ2v) is 3.18. The summed E-state index contributed by atoms with van der Waals surface area (Å²) in [6.45, 7) is -3.09. The number of nitrogens with one attached hydrogen (secondary N) is 1. The van der Waals surface area contributed by atoms with Gasteiger partial charge in [-0.1, -0.05) is 0 Å². The van der Waals surface area contributed by atoms with E-state index in [1.165, 1.54) is 0 Å². The fourth-order valence-corrected chi connectivity index (χ4v) is 0.774. The predicted molar refractivity (Wildman–Crippen MR) is 42.9 cm³/mol. The number of rotatable bonds is 6. The smallest absolute Gasteiger partial charge is 0.349 e. The summed E-state index contributed by atoms with van der Waals surface area (Å²) in [6.07, 6.45) is -4.98. The van der Waals surface area contributed by atoms with Crippen molar-refractivity contribution in [3.05, 3.63) is 0 Å². The zero-order chi connectivity index (χ0) is 14.8. The van der Waals surface area contributed by atoms with Crippen molar-refractivity contribution < 1.29 is 39.9 Å². The first-order valence-electron chi connectivity index (χ1n) is 4.28. The van der Waals surface area contributed by atoms with Gasteiger partial charge >= 0.3 is 24.2 Å². The van der Waals surface area contributed by atoms with Crippen molar-refractivity contribution in [2.45, 2.75) is 24.2 Å². The van der Waals surface area contributed by atoms with Crippen LogP contribution in [0.1, 0.15) is 0 Å². The van der Waals surface area contributed by atoms with Crippen LogP contribution in [0.25, 0.3) is 0 Å². The van der Waals surface area contributed by atoms with Gasteiger partial charge < -0.3 is 11.1 Å². The Bertz CT molecular complexity index is 306. The number of halogens is 8. The Balaban J connectivity index is 5.02. The summed E-state index contributed by atoms with van der Waals surface area (Å²) in [4.78, 5) is 10.4. The highest BCUT2D eigenvalue weighted by molar-refractivity contribution is 5.77. The molecule has 108 valence electrons. The maximum absolute atomic E-state index is 12.7. The van der Waals surface area contributed by atoms with Crippen molar-refractivity contribution in [3.63, 3.8) is 0 Å². The molecule has 0 aromatic heterocycles. The second kappa shape index (κ2) is 5.24. The Labute approximate surface area is 95.3 Å². The van der Waals surface area contributed by atoms with Crippen LogP contribution in [0.2, 0.25) is 0 Å². The molecule has 0 aliphatic rings. The van der Waals surface area contributed by atoms with Crippen molar-refractivity contribution in [2.75, 3.05) is 13.1 Å². The lowest BCUT2D eigenvalue weighted by molar-refractivity contribution is -0.336. The zero-order valence-corrected chi connectivity index (χ0v) is 8.50. The predicted octanol–water partition coefficient (Wildman–Crippen LogP) is 1.23. The Hall–Kier alpha value is -1.13. The molecule has 0 radical (unpaired) electrons. The van der Waals surface area contributed by atoms with Crippen LogP contribution in [0.15, 0.2) is 0 Å². The largest absolute Gasteiger partial charge is 0.379 e. The van der Waals surface area contributed by atoms with Crippen molar-refractivity contribution in [3.8, 4) is 0 Å². The molecule has 0 aliphatic heterocycles. The van der Waals surface area contributed by atoms with Crippen LogP contribution in [0.5, 0.6) is 0 Å². The first-order valence-corrected chi connectivity index (χ1v) is 4.28. The molecule has 1 amide bonds. The summed E-state index contributed by atoms with van der Waals surface area (Å²) in [7, 11) is 0. The lowest BCUT2D eigenvalue weighted by Gasteiger charge is -2.32. The van der Waals surface area contributed by atoms with E-state index in [0.717, 1.165) is 5.32 Å². The normalized spacial score (nSPS) is 13.9. The van der Waals surface area contributed by atoms with Crippen LogP contribution < -0.4 is 11.1 Å². The average Bonchev–Trinajstić information content (AvgIpc) is 2.25. The van der Waals surface area contributed by atoms with E-state index in [1.807, 2.05) is 0 Å². The molecule has 0 unspecified atom stereocenters. The number of amides is 1. The molecule has 0 fully saturated rings. The second-order valence-electron chi connectivity index (χ2n) is 3.18. The fraction of sp³-hybridized carbons (Fsp3) is 0.857. The highest BCUT2D eigenvalue weighted by Gasteiger charge is 2.75. The molecule has 0 rings (SSSR count). The van der Waals surface area contributed by atoms with Crippen LogP contribution in [-0.4, -0.2) is 43.2 Å². The van der Waals surface area contributed by atoms with Gasteiger partial charge in [-0.15, -0.1) is 0 Å². The van der Waals surface area contributed by atoms with Gasteiger partial charge in [0.25, 0.3) is 0 Å². The topological polar surface area (TPSA) is 55.1 Å². The molecule has 0 aromatic carbocycles. The molecule has 3 N–H and O–H groups in total. The van der Waals surface area contributed by atoms with Gasteiger partial charge in [0, 0.05) is 0 Å². The Kier molecular flexibility index (Phi) is 4.91. The summed E-state index contributed by atoms with van der Waals surface area (Å²) < 4.78 is 98.6. The third-order valence-corrected chi connectivity index (χ3v) is 1.85. The molecule has 0 atom stereocenters. The lowest BCUT2D eigenvalue weighted by atomic mass is 10.0. The highest BCUT2D eigenvalue weighted by atomic mass is 19.4. The first-order chi connectivity index (χ1) is 7.90. The Morgan fingerprint density at radius 2 is 1.56 bits per heavy atom. The number of hydrogen-bond donors (Lipinski definition) is 2. The van der Waals surface area contributed by atoms with E-state index < -0.39 is 43.2 Å². The van der Waals surface area contributed by atoms with Crippen LogP contribution in [0.4, 0.5) is 35.1 Å². The lowest BCUT2D eigenvalue weighted by Crippen LogP contribution is -2.61. The van der Waals surface area contributed by atoms with Gasteiger partial charge in [-0.05, 0) is 0 Å². The quantitative estimate of drug-likeness (QED) is 0.722. The molecule has 0 aliphatic carbocycles. The molecular weight excluding hydrogens is 280 g/mol. The van der Waals surface area contributed by atoms with Gasteiger partial charge in [0.1, 0.15) is 0 Å². The van der Waals surface area contributed by atoms with Crippen molar-refractivity contribution in [1.29, 1.82) is 0 Å². The molecule has 0 saturated heterocycles. The molecule has 0 bridgehead atoms. The maximum atomic E-state index is 12.7. The monoisotopic (exact) mass is 288 g/mol. The Morgan fingerprint density at radius 1 is 1.11 bits per heavy atom. The number of alkyl halides is 8. The molecule has 18 heavy (non-hydrogen) atoms. The summed E-state index contributed by atoms with van der Waals surface area (Å²) in [5, 5.41) is 1.12. The van der Waals surface area contributed by atoms with E-state index in [4.69, 9.17) is 0 Å². The van der Waals surface area contributed by atoms with Gasteiger partial charge in [0.2, 0.25) is 5.91 Å². The summed E-state index contributed by atoms with van der Waals surface area (Å²) in [6, 6.07) is 0. The minimum Gasteiger partial charge on any atom is -0.349 e. The number of carbonyl (C=O) groups is 1. The van der Waals surface area contributed by atoms with E-state index in [1.54, 1.807) is 0 Å². The molecule has 0 spiro atoms. The third-order valence-electron chi connectivity index (χ3n) is 1.85. The van der Waals surface area contributed by atoms with Crippen LogP contribution in [0, 0.1) is 0 Å². The highest BCUT2D eigenvalue weighted by Crippen LogP contribution is 2.48. The summed E-state index contributed by atoms with van der Waals surface area (Å²) >= 11 is 0. The fourth-order valence-electron chi connectivity index (χ4n) is 0.774. The van der Waals surface area contributed by atoms with Crippen LogP contribution >= 0.6 is 0 Å². The molecule has 3 nitrogen and oxygen atoms in total.